The Hall–Kier alpha value is -3.15. The Bertz CT molecular complexity index is 1580. The second kappa shape index (κ2) is 8.32. The molecule has 33 heavy (non-hydrogen) atoms. The largest absolute Gasteiger partial charge is 0.383 e. The van der Waals surface area contributed by atoms with E-state index in [0.717, 1.165) is 15.5 Å². The van der Waals surface area contributed by atoms with Gasteiger partial charge in [0, 0.05) is 41.2 Å². The molecule has 0 saturated heterocycles. The van der Waals surface area contributed by atoms with Crippen molar-refractivity contribution in [3.63, 3.8) is 0 Å². The highest BCUT2D eigenvalue weighted by Crippen LogP contribution is 2.44. The van der Waals surface area contributed by atoms with Crippen molar-refractivity contribution in [1.82, 2.24) is 29.3 Å². The molecule has 1 aromatic carbocycles. The predicted molar refractivity (Wildman–Crippen MR) is 129 cm³/mol. The first-order valence-corrected chi connectivity index (χ1v) is 12.0. The molecule has 9 nitrogen and oxygen atoms in total. The Labute approximate surface area is 196 Å². The molecule has 5 rings (SSSR count). The number of aliphatic hydroxyl groups excluding tert-OH is 1. The summed E-state index contributed by atoms with van der Waals surface area (Å²) in [4.78, 5) is 35.3. The average molecular weight is 483 g/mol. The number of aliphatic hydroxyl groups is 1. The maximum Gasteiger partial charge on any atom is 0.331 e. The number of benzene rings is 1. The van der Waals surface area contributed by atoms with Crippen LogP contribution in [0.15, 0.2) is 56.4 Å². The SMILES string of the molecule is CC(C)Cn1c(=O)n(C)c(=O)c2c(Sc3ncn[nH]3)c(C(O)c3c[nH]c4ccccc34)sc21. The molecule has 1 atom stereocenters. The van der Waals surface area contributed by atoms with E-state index < -0.39 is 11.7 Å². The monoisotopic (exact) mass is 482 g/mol. The summed E-state index contributed by atoms with van der Waals surface area (Å²) in [6.07, 6.45) is 2.16. The standard InChI is InChI=1S/C22H22N6O3S2/c1-11(2)9-28-20-15(19(30)27(3)22(28)31)17(33-21-24-10-25-26-21)18(32-20)16(29)13-8-23-14-7-5-4-6-12(13)14/h4-8,10-11,16,23,29H,9H2,1-3H3,(H,24,25,26). The zero-order valence-electron chi connectivity index (χ0n) is 18.2. The lowest BCUT2D eigenvalue weighted by molar-refractivity contribution is 0.223. The minimum absolute atomic E-state index is 0.192. The van der Waals surface area contributed by atoms with E-state index in [4.69, 9.17) is 0 Å². The predicted octanol–water partition coefficient (Wildman–Crippen LogP) is 3.25. The minimum Gasteiger partial charge on any atom is -0.383 e. The van der Waals surface area contributed by atoms with Gasteiger partial charge in [-0.3, -0.25) is 19.0 Å². The van der Waals surface area contributed by atoms with Gasteiger partial charge in [-0.1, -0.05) is 32.0 Å². The molecule has 3 N–H and O–H groups in total. The Morgan fingerprint density at radius 2 is 2.03 bits per heavy atom. The summed E-state index contributed by atoms with van der Waals surface area (Å²) < 4.78 is 2.76. The summed E-state index contributed by atoms with van der Waals surface area (Å²) in [5, 5.41) is 20.0. The van der Waals surface area contributed by atoms with Crippen LogP contribution in [0.1, 0.15) is 30.4 Å². The molecule has 11 heteroatoms. The van der Waals surface area contributed by atoms with Gasteiger partial charge in [-0.15, -0.1) is 11.3 Å². The number of aromatic amines is 2. The summed E-state index contributed by atoms with van der Waals surface area (Å²) in [5.74, 6) is 0.192. The van der Waals surface area contributed by atoms with Gasteiger partial charge in [0.25, 0.3) is 5.56 Å². The van der Waals surface area contributed by atoms with Crippen molar-refractivity contribution in [2.24, 2.45) is 13.0 Å². The molecule has 170 valence electrons. The smallest absolute Gasteiger partial charge is 0.331 e. The Morgan fingerprint density at radius 1 is 1.24 bits per heavy atom. The Kier molecular flexibility index (Phi) is 5.47. The van der Waals surface area contributed by atoms with Crippen LogP contribution in [0.3, 0.4) is 0 Å². The van der Waals surface area contributed by atoms with E-state index in [1.807, 2.05) is 38.1 Å². The molecule has 0 radical (unpaired) electrons. The van der Waals surface area contributed by atoms with E-state index in [1.54, 1.807) is 10.8 Å². The van der Waals surface area contributed by atoms with E-state index >= 15 is 0 Å². The number of H-pyrrole nitrogens is 2. The number of nitrogens with zero attached hydrogens (tertiary/aromatic N) is 4. The van der Waals surface area contributed by atoms with Crippen molar-refractivity contribution < 1.29 is 5.11 Å². The van der Waals surface area contributed by atoms with Crippen LogP contribution in [-0.2, 0) is 13.6 Å². The molecule has 0 amide bonds. The topological polar surface area (TPSA) is 122 Å². The second-order valence-electron chi connectivity index (χ2n) is 8.21. The first-order chi connectivity index (χ1) is 15.9. The number of rotatable bonds is 6. The first-order valence-electron chi connectivity index (χ1n) is 10.4. The molecule has 0 aliphatic heterocycles. The van der Waals surface area contributed by atoms with E-state index in [9.17, 15) is 14.7 Å². The van der Waals surface area contributed by atoms with Crippen molar-refractivity contribution in [1.29, 1.82) is 0 Å². The third-order valence-corrected chi connectivity index (χ3v) is 7.87. The van der Waals surface area contributed by atoms with Crippen molar-refractivity contribution in [2.45, 2.75) is 36.5 Å². The fourth-order valence-electron chi connectivity index (χ4n) is 3.93. The average Bonchev–Trinajstić information content (AvgIpc) is 3.54. The van der Waals surface area contributed by atoms with Gasteiger partial charge in [0.05, 0.1) is 10.3 Å². The Balaban J connectivity index is 1.81. The normalized spacial score (nSPS) is 12.9. The fraction of sp³-hybridized carbons (Fsp3) is 0.273. The summed E-state index contributed by atoms with van der Waals surface area (Å²) in [7, 11) is 1.48. The number of hydrogen-bond acceptors (Lipinski definition) is 7. The van der Waals surface area contributed by atoms with Crippen molar-refractivity contribution >= 4 is 44.2 Å². The lowest BCUT2D eigenvalue weighted by Crippen LogP contribution is -2.38. The molecular weight excluding hydrogens is 460 g/mol. The molecule has 4 aromatic heterocycles. The van der Waals surface area contributed by atoms with Crippen molar-refractivity contribution in [2.75, 3.05) is 0 Å². The van der Waals surface area contributed by atoms with Crippen LogP contribution in [0.5, 0.6) is 0 Å². The van der Waals surface area contributed by atoms with Crippen LogP contribution < -0.4 is 11.2 Å². The number of fused-ring (bicyclic) bond motifs is 2. The minimum atomic E-state index is -1.00. The lowest BCUT2D eigenvalue weighted by Gasteiger charge is -2.11. The third-order valence-electron chi connectivity index (χ3n) is 5.46. The molecule has 0 bridgehead atoms. The molecule has 0 fully saturated rings. The lowest BCUT2D eigenvalue weighted by atomic mass is 10.1. The van der Waals surface area contributed by atoms with Crippen molar-refractivity contribution in [3.8, 4) is 0 Å². The highest BCUT2D eigenvalue weighted by atomic mass is 32.2. The van der Waals surface area contributed by atoms with Crippen LogP contribution in [0, 0.1) is 5.92 Å². The molecule has 0 spiro atoms. The van der Waals surface area contributed by atoms with Gasteiger partial charge >= 0.3 is 5.69 Å². The first kappa shape index (κ1) is 21.7. The van der Waals surface area contributed by atoms with E-state index in [0.29, 0.717) is 37.3 Å². The fourth-order valence-corrected chi connectivity index (χ4v) is 6.33. The third kappa shape index (κ3) is 3.62. The summed E-state index contributed by atoms with van der Waals surface area (Å²) in [6, 6.07) is 7.72. The Morgan fingerprint density at radius 3 is 2.76 bits per heavy atom. The summed E-state index contributed by atoms with van der Waals surface area (Å²) in [6.45, 7) is 4.49. The van der Waals surface area contributed by atoms with Crippen LogP contribution in [-0.4, -0.2) is 34.4 Å². The number of para-hydroxylation sites is 1. The number of thiophene rings is 1. The van der Waals surface area contributed by atoms with Crippen LogP contribution in [0.25, 0.3) is 21.1 Å². The highest BCUT2D eigenvalue weighted by Gasteiger charge is 2.28. The maximum absolute atomic E-state index is 13.3. The molecular formula is C22H22N6O3S2. The van der Waals surface area contributed by atoms with Gasteiger partial charge < -0.3 is 10.1 Å². The molecule has 4 heterocycles. The van der Waals surface area contributed by atoms with Crippen LogP contribution >= 0.6 is 23.1 Å². The van der Waals surface area contributed by atoms with Crippen molar-refractivity contribution in [3.05, 3.63) is 68.1 Å². The van der Waals surface area contributed by atoms with Gasteiger partial charge in [0.2, 0.25) is 0 Å². The van der Waals surface area contributed by atoms with Crippen LogP contribution in [0.2, 0.25) is 0 Å². The molecule has 1 unspecified atom stereocenters. The molecule has 5 aromatic rings. The maximum atomic E-state index is 13.3. The zero-order valence-corrected chi connectivity index (χ0v) is 19.8. The number of aromatic nitrogens is 6. The zero-order chi connectivity index (χ0) is 23.3. The van der Waals surface area contributed by atoms with Gasteiger partial charge in [-0.2, -0.15) is 5.10 Å². The summed E-state index contributed by atoms with van der Waals surface area (Å²) >= 11 is 2.50. The van der Waals surface area contributed by atoms with Gasteiger partial charge in [-0.05, 0) is 23.7 Å². The quantitative estimate of drug-likeness (QED) is 0.342. The number of hydrogen-bond donors (Lipinski definition) is 3. The van der Waals surface area contributed by atoms with Crippen LogP contribution in [0.4, 0.5) is 0 Å². The highest BCUT2D eigenvalue weighted by molar-refractivity contribution is 7.99. The number of nitrogens with one attached hydrogen (secondary N) is 2. The molecule has 0 saturated carbocycles. The second-order valence-corrected chi connectivity index (χ2v) is 10.2. The van der Waals surface area contributed by atoms with E-state index in [2.05, 4.69) is 20.2 Å². The van der Waals surface area contributed by atoms with E-state index in [-0.39, 0.29) is 11.6 Å². The van der Waals surface area contributed by atoms with Gasteiger partial charge in [0.15, 0.2) is 5.16 Å². The van der Waals surface area contributed by atoms with Gasteiger partial charge in [0.1, 0.15) is 17.3 Å². The van der Waals surface area contributed by atoms with Gasteiger partial charge in [-0.25, -0.2) is 9.78 Å². The summed E-state index contributed by atoms with van der Waals surface area (Å²) in [5.41, 5.74) is 0.841. The molecule has 0 aliphatic rings. The van der Waals surface area contributed by atoms with E-state index in [1.165, 1.54) is 36.5 Å². The molecule has 0 aliphatic carbocycles.